The summed E-state index contributed by atoms with van der Waals surface area (Å²) in [4.78, 5) is 8.86. The summed E-state index contributed by atoms with van der Waals surface area (Å²) in [6.07, 6.45) is 10.0. The third-order valence-corrected chi connectivity index (χ3v) is 3.31. The lowest BCUT2D eigenvalue weighted by Gasteiger charge is -2.21. The van der Waals surface area contributed by atoms with Gasteiger partial charge < -0.3 is 5.11 Å². The van der Waals surface area contributed by atoms with Crippen LogP contribution in [-0.2, 0) is 6.42 Å². The first-order valence-electron chi connectivity index (χ1n) is 6.33. The second-order valence-electron chi connectivity index (χ2n) is 4.56. The molecular weight excluding hydrogens is 200 g/mol. The molecule has 1 N–H and O–H groups in total. The summed E-state index contributed by atoms with van der Waals surface area (Å²) < 4.78 is 0. The summed E-state index contributed by atoms with van der Waals surface area (Å²) in [6, 6.07) is 2.05. The molecule has 0 amide bonds. The maximum Gasteiger partial charge on any atom is 0.128 e. The molecule has 16 heavy (non-hydrogen) atoms. The molecule has 0 saturated heterocycles. The van der Waals surface area contributed by atoms with Crippen molar-refractivity contribution in [2.24, 2.45) is 0 Å². The van der Waals surface area contributed by atoms with Crippen LogP contribution in [-0.4, -0.2) is 21.7 Å². The second kappa shape index (κ2) is 5.94. The molecule has 1 aromatic rings. The van der Waals surface area contributed by atoms with Crippen LogP contribution in [0.3, 0.4) is 0 Å². The second-order valence-corrected chi connectivity index (χ2v) is 4.56. The van der Waals surface area contributed by atoms with Crippen LogP contribution in [0.2, 0.25) is 0 Å². The van der Waals surface area contributed by atoms with Gasteiger partial charge >= 0.3 is 0 Å². The van der Waals surface area contributed by atoms with Crippen molar-refractivity contribution in [2.75, 3.05) is 6.61 Å². The van der Waals surface area contributed by atoms with E-state index in [0.29, 0.717) is 5.92 Å². The van der Waals surface area contributed by atoms with Crippen molar-refractivity contribution in [2.45, 2.75) is 50.9 Å². The van der Waals surface area contributed by atoms with E-state index in [9.17, 15) is 0 Å². The molecule has 0 aromatic carbocycles. The van der Waals surface area contributed by atoms with Crippen molar-refractivity contribution in [1.82, 2.24) is 9.97 Å². The summed E-state index contributed by atoms with van der Waals surface area (Å²) in [5.74, 6) is 1.53. The monoisotopic (exact) mass is 220 g/mol. The molecule has 1 saturated carbocycles. The number of rotatable bonds is 4. The minimum atomic E-state index is 0.219. The molecule has 1 heterocycles. The third-order valence-electron chi connectivity index (χ3n) is 3.31. The van der Waals surface area contributed by atoms with Crippen molar-refractivity contribution in [3.8, 4) is 0 Å². The van der Waals surface area contributed by atoms with Crippen LogP contribution < -0.4 is 0 Å². The highest BCUT2D eigenvalue weighted by Crippen LogP contribution is 2.31. The van der Waals surface area contributed by atoms with Crippen LogP contribution in [0.1, 0.15) is 56.0 Å². The van der Waals surface area contributed by atoms with Gasteiger partial charge in [0, 0.05) is 30.8 Å². The lowest BCUT2D eigenvalue weighted by molar-refractivity contribution is 0.287. The number of nitrogens with zero attached hydrogens (tertiary/aromatic N) is 2. The molecule has 1 aliphatic carbocycles. The van der Waals surface area contributed by atoms with Crippen molar-refractivity contribution in [3.05, 3.63) is 23.8 Å². The standard InChI is InChI=1S/C13H20N2O/c16-10-4-7-13-14-9-8-12(15-13)11-5-2-1-3-6-11/h8-9,11,16H,1-7,10H2. The Bertz CT molecular complexity index is 321. The van der Waals surface area contributed by atoms with Crippen molar-refractivity contribution >= 4 is 0 Å². The number of hydrogen-bond donors (Lipinski definition) is 1. The van der Waals surface area contributed by atoms with E-state index in [1.54, 1.807) is 0 Å². The molecule has 0 radical (unpaired) electrons. The van der Waals surface area contributed by atoms with Crippen LogP contribution in [0.5, 0.6) is 0 Å². The molecule has 3 heteroatoms. The summed E-state index contributed by atoms with van der Waals surface area (Å²) >= 11 is 0. The maximum absolute atomic E-state index is 8.79. The van der Waals surface area contributed by atoms with E-state index >= 15 is 0 Å². The van der Waals surface area contributed by atoms with Crippen LogP contribution in [0.25, 0.3) is 0 Å². The van der Waals surface area contributed by atoms with Gasteiger partial charge in [0.15, 0.2) is 0 Å². The normalized spacial score (nSPS) is 17.6. The minimum absolute atomic E-state index is 0.219. The van der Waals surface area contributed by atoms with Gasteiger partial charge in [-0.1, -0.05) is 19.3 Å². The number of hydrogen-bond acceptors (Lipinski definition) is 3. The smallest absolute Gasteiger partial charge is 0.128 e. The lowest BCUT2D eigenvalue weighted by atomic mass is 9.87. The summed E-state index contributed by atoms with van der Waals surface area (Å²) in [6.45, 7) is 0.219. The van der Waals surface area contributed by atoms with Crippen molar-refractivity contribution < 1.29 is 5.11 Å². The Balaban J connectivity index is 2.02. The summed E-state index contributed by atoms with van der Waals surface area (Å²) in [7, 11) is 0. The molecule has 88 valence electrons. The molecule has 3 nitrogen and oxygen atoms in total. The quantitative estimate of drug-likeness (QED) is 0.847. The van der Waals surface area contributed by atoms with Gasteiger partial charge in [0.2, 0.25) is 0 Å². The topological polar surface area (TPSA) is 46.0 Å². The molecule has 0 bridgehead atoms. The maximum atomic E-state index is 8.79. The molecule has 2 rings (SSSR count). The summed E-state index contributed by atoms with van der Waals surface area (Å²) in [5, 5.41) is 8.79. The van der Waals surface area contributed by atoms with E-state index in [1.807, 2.05) is 6.20 Å². The van der Waals surface area contributed by atoms with Gasteiger partial charge in [-0.3, -0.25) is 0 Å². The summed E-state index contributed by atoms with van der Waals surface area (Å²) in [5.41, 5.74) is 1.21. The van der Waals surface area contributed by atoms with Gasteiger partial charge in [0.1, 0.15) is 5.82 Å². The van der Waals surface area contributed by atoms with Gasteiger partial charge in [-0.25, -0.2) is 9.97 Å². The fraction of sp³-hybridized carbons (Fsp3) is 0.692. The molecular formula is C13H20N2O. The van der Waals surface area contributed by atoms with Gasteiger partial charge in [0.05, 0.1) is 0 Å². The van der Waals surface area contributed by atoms with Gasteiger partial charge in [-0.2, -0.15) is 0 Å². The Kier molecular flexibility index (Phi) is 4.28. The Morgan fingerprint density at radius 2 is 2.06 bits per heavy atom. The zero-order valence-corrected chi connectivity index (χ0v) is 9.73. The van der Waals surface area contributed by atoms with Crippen molar-refractivity contribution in [3.63, 3.8) is 0 Å². The molecule has 0 aliphatic heterocycles. The van der Waals surface area contributed by atoms with Crippen LogP contribution in [0.15, 0.2) is 12.3 Å². The van der Waals surface area contributed by atoms with E-state index in [-0.39, 0.29) is 6.61 Å². The zero-order chi connectivity index (χ0) is 11.2. The number of aliphatic hydroxyl groups excluding tert-OH is 1. The molecule has 0 atom stereocenters. The van der Waals surface area contributed by atoms with Gasteiger partial charge in [-0.15, -0.1) is 0 Å². The SMILES string of the molecule is OCCCc1nccc(C2CCCCC2)n1. The van der Waals surface area contributed by atoms with Gasteiger partial charge in [-0.05, 0) is 25.3 Å². The number of aliphatic hydroxyl groups is 1. The fourth-order valence-electron chi connectivity index (χ4n) is 2.40. The Morgan fingerprint density at radius 3 is 2.81 bits per heavy atom. The Morgan fingerprint density at radius 1 is 1.25 bits per heavy atom. The highest BCUT2D eigenvalue weighted by molar-refractivity contribution is 5.09. The molecule has 0 unspecified atom stereocenters. The van der Waals surface area contributed by atoms with E-state index in [4.69, 9.17) is 5.11 Å². The molecule has 1 aromatic heterocycles. The predicted octanol–water partition coefficient (Wildman–Crippen LogP) is 2.45. The third kappa shape index (κ3) is 3.01. The van der Waals surface area contributed by atoms with E-state index in [2.05, 4.69) is 16.0 Å². The Hall–Kier alpha value is -0.960. The predicted molar refractivity (Wildman–Crippen MR) is 63.3 cm³/mol. The van der Waals surface area contributed by atoms with E-state index in [1.165, 1.54) is 37.8 Å². The average molecular weight is 220 g/mol. The Labute approximate surface area is 96.9 Å². The van der Waals surface area contributed by atoms with E-state index in [0.717, 1.165) is 18.7 Å². The number of aryl methyl sites for hydroxylation is 1. The van der Waals surface area contributed by atoms with Gasteiger partial charge in [0.25, 0.3) is 0 Å². The molecule has 0 spiro atoms. The highest BCUT2D eigenvalue weighted by Gasteiger charge is 2.16. The zero-order valence-electron chi connectivity index (χ0n) is 9.73. The minimum Gasteiger partial charge on any atom is -0.396 e. The van der Waals surface area contributed by atoms with Crippen molar-refractivity contribution in [1.29, 1.82) is 0 Å². The molecule has 1 aliphatic rings. The van der Waals surface area contributed by atoms with Crippen LogP contribution in [0.4, 0.5) is 0 Å². The fourth-order valence-corrected chi connectivity index (χ4v) is 2.40. The first-order valence-corrected chi connectivity index (χ1v) is 6.33. The average Bonchev–Trinajstić information content (AvgIpc) is 2.38. The van der Waals surface area contributed by atoms with Crippen LogP contribution in [0, 0.1) is 0 Å². The van der Waals surface area contributed by atoms with Crippen LogP contribution >= 0.6 is 0 Å². The highest BCUT2D eigenvalue weighted by atomic mass is 16.2. The number of aromatic nitrogens is 2. The molecule has 1 fully saturated rings. The first kappa shape index (κ1) is 11.5. The lowest BCUT2D eigenvalue weighted by Crippen LogP contribution is -2.08. The largest absolute Gasteiger partial charge is 0.396 e. The van der Waals surface area contributed by atoms with E-state index < -0.39 is 0 Å². The first-order chi connectivity index (χ1) is 7.90.